The monoisotopic (exact) mass is 604 g/mol. The normalized spacial score (nSPS) is 14.6. The van der Waals surface area contributed by atoms with Gasteiger partial charge in [-0.1, -0.05) is 18.2 Å². The van der Waals surface area contributed by atoms with E-state index in [2.05, 4.69) is 36.7 Å². The van der Waals surface area contributed by atoms with Crippen LogP contribution in [0.3, 0.4) is 0 Å². The lowest BCUT2D eigenvalue weighted by Gasteiger charge is -2.20. The van der Waals surface area contributed by atoms with E-state index in [0.29, 0.717) is 37.4 Å². The van der Waals surface area contributed by atoms with E-state index < -0.39 is 22.3 Å². The number of hydrogen-bond donors (Lipinski definition) is 2. The van der Waals surface area contributed by atoms with Crippen molar-refractivity contribution in [1.82, 2.24) is 19.5 Å². The van der Waals surface area contributed by atoms with E-state index >= 15 is 0 Å². The van der Waals surface area contributed by atoms with E-state index in [1.54, 1.807) is 4.57 Å². The number of rotatable bonds is 10. The third-order valence-corrected chi connectivity index (χ3v) is 6.63. The number of nitrogen functional groups attached to an aromatic ring is 1. The Bertz CT molecular complexity index is 1330. The highest BCUT2D eigenvalue weighted by molar-refractivity contribution is 14.1. The summed E-state index contributed by atoms with van der Waals surface area (Å²) in [6, 6.07) is 7.76. The fraction of sp³-hybridized carbons (Fsp3) is 0.350. The van der Waals surface area contributed by atoms with Crippen LogP contribution in [0.5, 0.6) is 0 Å². The molecule has 3 aromatic rings. The molecular weight excluding hydrogens is 582 g/mol. The number of anilines is 1. The number of aryl methyl sites for hydroxylation is 1. The number of halogens is 2. The predicted molar refractivity (Wildman–Crippen MR) is 129 cm³/mol. The average molecular weight is 604 g/mol. The van der Waals surface area contributed by atoms with Gasteiger partial charge in [0.15, 0.2) is 17.0 Å². The molecule has 0 bridgehead atoms. The summed E-state index contributed by atoms with van der Waals surface area (Å²) in [5, 5.41) is 4.85. The summed E-state index contributed by atoms with van der Waals surface area (Å²) >= 11 is 2.23. The smallest absolute Gasteiger partial charge is 0.333 e. The van der Waals surface area contributed by atoms with Crippen LogP contribution in [-0.2, 0) is 30.5 Å². The van der Waals surface area contributed by atoms with Gasteiger partial charge in [-0.2, -0.15) is 22.8 Å². The minimum Gasteiger partial charge on any atom is -0.462 e. The Morgan fingerprint density at radius 2 is 2.00 bits per heavy atom. The van der Waals surface area contributed by atoms with Crippen molar-refractivity contribution in [3.8, 4) is 0 Å². The van der Waals surface area contributed by atoms with E-state index in [1.807, 2.05) is 24.3 Å². The van der Waals surface area contributed by atoms with Crippen LogP contribution in [0.1, 0.15) is 36.6 Å². The maximum Gasteiger partial charge on any atom is 0.333 e. The number of nitrogens with zero attached hydrogens (tertiary/aromatic N) is 4. The van der Waals surface area contributed by atoms with Crippen molar-refractivity contribution < 1.29 is 26.5 Å². The number of fused-ring (bicyclic) bond motifs is 1. The Hall–Kier alpha value is -2.56. The van der Waals surface area contributed by atoms with Crippen molar-refractivity contribution >= 4 is 49.9 Å². The molecular formula is C20H22FIN6O5S. The molecule has 0 amide bonds. The molecule has 1 aliphatic heterocycles. The highest BCUT2D eigenvalue weighted by atomic mass is 127. The Morgan fingerprint density at radius 1 is 1.21 bits per heavy atom. The van der Waals surface area contributed by atoms with Crippen LogP contribution in [0.25, 0.3) is 11.2 Å². The molecule has 0 spiro atoms. The first kappa shape index (κ1) is 24.6. The van der Waals surface area contributed by atoms with Crippen molar-refractivity contribution in [1.29, 1.82) is 0 Å². The first-order valence-corrected chi connectivity index (χ1v) is 12.8. The molecule has 0 saturated heterocycles. The number of ether oxygens (including phenoxy) is 2. The Labute approximate surface area is 208 Å². The Balaban J connectivity index is 1.72. The van der Waals surface area contributed by atoms with Gasteiger partial charge in [-0.25, -0.2) is 10.1 Å². The molecule has 1 aliphatic rings. The van der Waals surface area contributed by atoms with Gasteiger partial charge in [-0.15, -0.1) is 0 Å². The molecule has 4 N–H and O–H groups in total. The molecule has 3 heterocycles. The third-order valence-electron chi connectivity index (χ3n) is 5.15. The Morgan fingerprint density at radius 3 is 2.71 bits per heavy atom. The maximum atomic E-state index is 14.1. The van der Waals surface area contributed by atoms with Crippen molar-refractivity contribution in [2.45, 2.75) is 31.7 Å². The summed E-state index contributed by atoms with van der Waals surface area (Å²) in [7, 11) is -3.98. The van der Waals surface area contributed by atoms with Gasteiger partial charge < -0.3 is 19.8 Å². The van der Waals surface area contributed by atoms with Crippen molar-refractivity contribution in [3.63, 3.8) is 0 Å². The van der Waals surface area contributed by atoms with Crippen LogP contribution in [0.15, 0.2) is 36.3 Å². The number of imidazole rings is 1. The zero-order chi connectivity index (χ0) is 24.3. The summed E-state index contributed by atoms with van der Waals surface area (Å²) in [6.45, 7) is 0.463. The molecule has 1 atom stereocenters. The molecule has 1 unspecified atom stereocenters. The summed E-state index contributed by atoms with van der Waals surface area (Å²) in [5.74, 6) is 0.568. The molecule has 14 heteroatoms. The highest BCUT2D eigenvalue weighted by Crippen LogP contribution is 2.38. The van der Waals surface area contributed by atoms with Gasteiger partial charge in [-0.3, -0.25) is 4.18 Å². The second kappa shape index (κ2) is 10.4. The van der Waals surface area contributed by atoms with Gasteiger partial charge in [0.2, 0.25) is 6.79 Å². The number of allylic oxidation sites excluding steroid dienone is 1. The summed E-state index contributed by atoms with van der Waals surface area (Å²) < 4.78 is 54.3. The molecule has 0 aliphatic carbocycles. The number of hydrogen-bond acceptors (Lipinski definition) is 9. The van der Waals surface area contributed by atoms with Gasteiger partial charge in [0.25, 0.3) is 0 Å². The van der Waals surface area contributed by atoms with E-state index in [1.165, 1.54) is 6.26 Å². The SMILES string of the molecule is Nc1nc(F)nc2c1nc(C(C1=COCO1)c1ccccc1I)n2CCCCCOS(N)(=O)=O. The largest absolute Gasteiger partial charge is 0.462 e. The standard InChI is InChI=1S/C20H22FIN6O5S/c21-20-26-17(23)16-19(27-20)28(8-4-1-5-9-33-34(24,29)30)18(25-16)15(14-10-31-11-32-14)12-6-2-3-7-13(12)22/h2-3,6-7,10,15H,1,4-5,8-9,11H2,(H2,23,26,27)(H2,24,29,30). The van der Waals surface area contributed by atoms with Gasteiger partial charge >= 0.3 is 16.4 Å². The predicted octanol–water partition coefficient (Wildman–Crippen LogP) is 2.52. The lowest BCUT2D eigenvalue weighted by molar-refractivity contribution is 0.0764. The third kappa shape index (κ3) is 5.56. The lowest BCUT2D eigenvalue weighted by atomic mass is 9.96. The molecule has 2 aromatic heterocycles. The topological polar surface area (TPSA) is 157 Å². The van der Waals surface area contributed by atoms with E-state index in [4.69, 9.17) is 25.3 Å². The molecule has 34 heavy (non-hydrogen) atoms. The van der Waals surface area contributed by atoms with Crippen molar-refractivity contribution in [3.05, 3.63) is 57.3 Å². The molecule has 4 rings (SSSR count). The highest BCUT2D eigenvalue weighted by Gasteiger charge is 2.32. The van der Waals surface area contributed by atoms with Gasteiger partial charge in [0.1, 0.15) is 23.8 Å². The van der Waals surface area contributed by atoms with Crippen LogP contribution < -0.4 is 10.9 Å². The van der Waals surface area contributed by atoms with E-state index in [9.17, 15) is 12.8 Å². The number of benzene rings is 1. The summed E-state index contributed by atoms with van der Waals surface area (Å²) in [4.78, 5) is 12.3. The minimum absolute atomic E-state index is 0.0248. The number of nitrogens with two attached hydrogens (primary N) is 2. The molecule has 0 radical (unpaired) electrons. The molecule has 182 valence electrons. The number of aromatic nitrogens is 4. The fourth-order valence-corrected chi connectivity index (χ4v) is 4.76. The maximum absolute atomic E-state index is 14.1. The summed E-state index contributed by atoms with van der Waals surface area (Å²) in [6.07, 6.45) is 2.27. The van der Waals surface area contributed by atoms with Gasteiger partial charge in [0, 0.05) is 10.1 Å². The van der Waals surface area contributed by atoms with Gasteiger partial charge in [-0.05, 0) is 53.5 Å². The van der Waals surface area contributed by atoms with E-state index in [-0.39, 0.29) is 30.4 Å². The molecule has 0 fully saturated rings. The van der Waals surface area contributed by atoms with Crippen LogP contribution in [0, 0.1) is 9.65 Å². The zero-order valence-corrected chi connectivity index (χ0v) is 20.8. The van der Waals surface area contributed by atoms with Crippen molar-refractivity contribution in [2.75, 3.05) is 19.1 Å². The van der Waals surface area contributed by atoms with Crippen molar-refractivity contribution in [2.24, 2.45) is 5.14 Å². The average Bonchev–Trinajstić information content (AvgIpc) is 3.41. The number of unbranched alkanes of at least 4 members (excludes halogenated alkanes) is 2. The quantitative estimate of drug-likeness (QED) is 0.202. The van der Waals surface area contributed by atoms with Crippen LogP contribution in [0.2, 0.25) is 0 Å². The second-order valence-electron chi connectivity index (χ2n) is 7.45. The van der Waals surface area contributed by atoms with Crippen LogP contribution >= 0.6 is 22.6 Å². The molecule has 11 nitrogen and oxygen atoms in total. The van der Waals surface area contributed by atoms with Gasteiger partial charge in [0.05, 0.1) is 6.61 Å². The van der Waals surface area contributed by atoms with Crippen LogP contribution in [0.4, 0.5) is 10.2 Å². The van der Waals surface area contributed by atoms with E-state index in [0.717, 1.165) is 9.13 Å². The second-order valence-corrected chi connectivity index (χ2v) is 9.83. The van der Waals surface area contributed by atoms with Crippen LogP contribution in [-0.4, -0.2) is 41.3 Å². The first-order chi connectivity index (χ1) is 16.2. The first-order valence-electron chi connectivity index (χ1n) is 10.3. The minimum atomic E-state index is -3.98. The fourth-order valence-electron chi connectivity index (χ4n) is 3.71. The molecule has 0 saturated carbocycles. The summed E-state index contributed by atoms with van der Waals surface area (Å²) in [5.41, 5.74) is 7.44. The zero-order valence-electron chi connectivity index (χ0n) is 17.9. The Kier molecular flexibility index (Phi) is 7.49. The molecule has 1 aromatic carbocycles. The lowest BCUT2D eigenvalue weighted by Crippen LogP contribution is -2.16.